The predicted octanol–water partition coefficient (Wildman–Crippen LogP) is 10.3. The summed E-state index contributed by atoms with van der Waals surface area (Å²) >= 11 is 5.81. The van der Waals surface area contributed by atoms with Gasteiger partial charge in [0.1, 0.15) is 29.6 Å². The highest BCUT2D eigenvalue weighted by molar-refractivity contribution is 6.75. The molecule has 0 aliphatic carbocycles. The summed E-state index contributed by atoms with van der Waals surface area (Å²) in [6, 6.07) is 23.3. The number of alkyl halides is 1. The van der Waals surface area contributed by atoms with E-state index in [-0.39, 0.29) is 16.0 Å². The monoisotopic (exact) mass is 653 g/mol. The number of ether oxygens (including phenoxy) is 2. The number of nitrogens with zero attached hydrogens (tertiary/aromatic N) is 1. The second-order valence-electron chi connectivity index (χ2n) is 15.0. The molecule has 8 heteroatoms. The molecule has 3 aromatic carbocycles. The molecule has 1 heterocycles. The standard InChI is InChI=1S/C36H52ClNO4Si2/c1-35(2,3)43(7,8)41-31-17-13-28(14-18-31)29-25-38(24-27-11-15-30(16-12-27)39-22-21-37)33-20-19-32(23-34(33)40-26-29)42-44(9,10)36(4,5)6/h11-20,23,29H,21-22,24-26H2,1-10H3. The topological polar surface area (TPSA) is 40.2 Å². The van der Waals surface area contributed by atoms with Gasteiger partial charge in [-0.15, -0.1) is 11.6 Å². The van der Waals surface area contributed by atoms with Crippen molar-refractivity contribution in [2.75, 3.05) is 30.5 Å². The van der Waals surface area contributed by atoms with Crippen molar-refractivity contribution in [1.29, 1.82) is 0 Å². The Bertz CT molecular complexity index is 1380. The van der Waals surface area contributed by atoms with Crippen LogP contribution >= 0.6 is 11.6 Å². The number of fused-ring (bicyclic) bond motifs is 1. The number of rotatable bonds is 10. The molecule has 0 fully saturated rings. The van der Waals surface area contributed by atoms with E-state index >= 15 is 0 Å². The lowest BCUT2D eigenvalue weighted by atomic mass is 9.99. The van der Waals surface area contributed by atoms with E-state index in [4.69, 9.17) is 29.9 Å². The van der Waals surface area contributed by atoms with Gasteiger partial charge in [0.2, 0.25) is 16.6 Å². The average Bonchev–Trinajstić information content (AvgIpc) is 3.10. The third-order valence-corrected chi connectivity index (χ3v) is 18.4. The van der Waals surface area contributed by atoms with Crippen molar-refractivity contribution in [1.82, 2.24) is 0 Å². The summed E-state index contributed by atoms with van der Waals surface area (Å²) in [4.78, 5) is 2.43. The molecule has 0 saturated carbocycles. The molecule has 0 bridgehead atoms. The summed E-state index contributed by atoms with van der Waals surface area (Å²) in [5.74, 6) is 4.17. The number of anilines is 1. The van der Waals surface area contributed by atoms with Crippen LogP contribution in [0.4, 0.5) is 5.69 Å². The molecule has 0 spiro atoms. The molecular formula is C36H52ClNO4Si2. The van der Waals surface area contributed by atoms with Crippen molar-refractivity contribution in [2.45, 2.75) is 90.3 Å². The van der Waals surface area contributed by atoms with Crippen LogP contribution in [0, 0.1) is 0 Å². The Morgan fingerprint density at radius 2 is 1.32 bits per heavy atom. The normalized spacial score (nSPS) is 16.1. The first-order chi connectivity index (χ1) is 20.5. The van der Waals surface area contributed by atoms with Crippen LogP contribution < -0.4 is 23.2 Å². The number of hydrogen-bond donors (Lipinski definition) is 0. The first-order valence-corrected chi connectivity index (χ1v) is 22.1. The van der Waals surface area contributed by atoms with Crippen LogP contribution in [-0.2, 0) is 6.54 Å². The van der Waals surface area contributed by atoms with Crippen LogP contribution in [0.2, 0.25) is 36.3 Å². The van der Waals surface area contributed by atoms with E-state index in [1.54, 1.807) is 0 Å². The Hall–Kier alpha value is -2.62. The fourth-order valence-corrected chi connectivity index (χ4v) is 6.80. The van der Waals surface area contributed by atoms with Gasteiger partial charge in [-0.05, 0) is 83.8 Å². The van der Waals surface area contributed by atoms with Gasteiger partial charge in [0, 0.05) is 25.1 Å². The van der Waals surface area contributed by atoms with Gasteiger partial charge >= 0.3 is 0 Å². The maximum Gasteiger partial charge on any atom is 0.250 e. The first kappa shape index (κ1) is 34.3. The number of hydrogen-bond acceptors (Lipinski definition) is 5. The second kappa shape index (κ2) is 13.4. The molecule has 0 saturated heterocycles. The van der Waals surface area contributed by atoms with Gasteiger partial charge in [-0.3, -0.25) is 0 Å². The van der Waals surface area contributed by atoms with Crippen LogP contribution in [0.25, 0.3) is 0 Å². The zero-order valence-corrected chi connectivity index (χ0v) is 31.2. The van der Waals surface area contributed by atoms with Gasteiger partial charge in [-0.25, -0.2) is 0 Å². The van der Waals surface area contributed by atoms with Gasteiger partial charge in [0.25, 0.3) is 0 Å². The molecule has 1 aliphatic rings. The van der Waals surface area contributed by atoms with E-state index in [1.807, 2.05) is 12.1 Å². The minimum atomic E-state index is -2.00. The molecule has 0 N–H and O–H groups in total. The fraction of sp³-hybridized carbons (Fsp3) is 0.500. The molecule has 5 nitrogen and oxygen atoms in total. The lowest BCUT2D eigenvalue weighted by molar-refractivity contribution is 0.299. The van der Waals surface area contributed by atoms with Crippen molar-refractivity contribution in [3.8, 4) is 23.0 Å². The Morgan fingerprint density at radius 3 is 1.89 bits per heavy atom. The molecule has 0 radical (unpaired) electrons. The molecule has 1 aliphatic heterocycles. The van der Waals surface area contributed by atoms with Crippen molar-refractivity contribution < 1.29 is 18.3 Å². The molecule has 240 valence electrons. The van der Waals surface area contributed by atoms with E-state index in [1.165, 1.54) is 11.1 Å². The van der Waals surface area contributed by atoms with Crippen molar-refractivity contribution >= 4 is 33.9 Å². The Morgan fingerprint density at radius 1 is 0.773 bits per heavy atom. The maximum atomic E-state index is 6.67. The van der Waals surface area contributed by atoms with Crippen LogP contribution in [0.3, 0.4) is 0 Å². The number of benzene rings is 3. The minimum absolute atomic E-state index is 0.109. The first-order valence-electron chi connectivity index (χ1n) is 15.8. The molecule has 44 heavy (non-hydrogen) atoms. The lowest BCUT2D eigenvalue weighted by Gasteiger charge is -2.36. The van der Waals surface area contributed by atoms with Gasteiger partial charge in [-0.2, -0.15) is 0 Å². The summed E-state index contributed by atoms with van der Waals surface area (Å²) in [6.07, 6.45) is 0. The van der Waals surface area contributed by atoms with Gasteiger partial charge < -0.3 is 23.2 Å². The third-order valence-electron chi connectivity index (χ3n) is 9.51. The minimum Gasteiger partial charge on any atom is -0.544 e. The van der Waals surface area contributed by atoms with Crippen molar-refractivity contribution in [3.05, 3.63) is 77.9 Å². The molecule has 3 aromatic rings. The lowest BCUT2D eigenvalue weighted by Crippen LogP contribution is -2.43. The molecular weight excluding hydrogens is 602 g/mol. The SMILES string of the molecule is CC(C)(C)[Si](C)(C)Oc1ccc(C2COc3cc(O[Si](C)(C)C(C)(C)C)ccc3N(Cc3ccc(OCCCl)cc3)C2)cc1. The van der Waals surface area contributed by atoms with E-state index in [9.17, 15) is 0 Å². The summed E-state index contributed by atoms with van der Waals surface area (Å²) < 4.78 is 25.5. The predicted molar refractivity (Wildman–Crippen MR) is 190 cm³/mol. The highest BCUT2D eigenvalue weighted by atomic mass is 35.5. The number of halogens is 1. The van der Waals surface area contributed by atoms with E-state index < -0.39 is 16.6 Å². The molecule has 1 atom stereocenters. The Labute approximate surface area is 273 Å². The summed E-state index contributed by atoms with van der Waals surface area (Å²) in [5.41, 5.74) is 3.53. The van der Waals surface area contributed by atoms with Gasteiger partial charge in [0.05, 0.1) is 18.2 Å². The fourth-order valence-electron chi connectivity index (χ4n) is 4.66. The zero-order chi connectivity index (χ0) is 32.3. The second-order valence-corrected chi connectivity index (χ2v) is 24.8. The summed E-state index contributed by atoms with van der Waals surface area (Å²) in [7, 11) is -3.91. The molecule has 4 rings (SSSR count). The van der Waals surface area contributed by atoms with E-state index in [0.717, 1.165) is 41.8 Å². The summed E-state index contributed by atoms with van der Waals surface area (Å²) in [6.45, 7) is 25.4. The quantitative estimate of drug-likeness (QED) is 0.161. The van der Waals surface area contributed by atoms with Crippen LogP contribution in [0.1, 0.15) is 58.6 Å². The summed E-state index contributed by atoms with van der Waals surface area (Å²) in [5, 5.41) is 0.256. The Kier molecular flexibility index (Phi) is 10.4. The average molecular weight is 654 g/mol. The van der Waals surface area contributed by atoms with E-state index in [2.05, 4.69) is 127 Å². The van der Waals surface area contributed by atoms with Crippen molar-refractivity contribution in [2.24, 2.45) is 0 Å². The third kappa shape index (κ3) is 8.35. The largest absolute Gasteiger partial charge is 0.544 e. The smallest absolute Gasteiger partial charge is 0.250 e. The zero-order valence-electron chi connectivity index (χ0n) is 28.4. The van der Waals surface area contributed by atoms with Crippen LogP contribution in [-0.4, -0.2) is 42.3 Å². The van der Waals surface area contributed by atoms with Gasteiger partial charge in [0.15, 0.2) is 0 Å². The van der Waals surface area contributed by atoms with Gasteiger partial charge in [-0.1, -0.05) is 65.8 Å². The Balaban J connectivity index is 1.61. The highest BCUT2D eigenvalue weighted by Crippen LogP contribution is 2.42. The van der Waals surface area contributed by atoms with E-state index in [0.29, 0.717) is 19.1 Å². The van der Waals surface area contributed by atoms with Crippen molar-refractivity contribution in [3.63, 3.8) is 0 Å². The molecule has 0 aromatic heterocycles. The highest BCUT2D eigenvalue weighted by Gasteiger charge is 2.40. The maximum absolute atomic E-state index is 6.67. The van der Waals surface area contributed by atoms with Crippen LogP contribution in [0.15, 0.2) is 66.7 Å². The molecule has 1 unspecified atom stereocenters. The molecule has 0 amide bonds. The van der Waals surface area contributed by atoms with Crippen LogP contribution in [0.5, 0.6) is 23.0 Å².